The zero-order chi connectivity index (χ0) is 26.3. The second-order valence-electron chi connectivity index (χ2n) is 9.50. The van der Waals surface area contributed by atoms with Gasteiger partial charge in [-0.3, -0.25) is 9.59 Å². The van der Waals surface area contributed by atoms with Crippen molar-refractivity contribution in [2.45, 2.75) is 44.4 Å². The largest absolute Gasteiger partial charge is 0.507 e. The summed E-state index contributed by atoms with van der Waals surface area (Å²) in [6.07, 6.45) is 2.21. The quantitative estimate of drug-likeness (QED) is 0.343. The molecule has 0 saturated carbocycles. The predicted octanol–water partition coefficient (Wildman–Crippen LogP) is 3.64. The van der Waals surface area contributed by atoms with Gasteiger partial charge in [0.1, 0.15) is 17.6 Å². The van der Waals surface area contributed by atoms with Crippen molar-refractivity contribution in [3.8, 4) is 23.0 Å². The van der Waals surface area contributed by atoms with Gasteiger partial charge in [-0.05, 0) is 61.2 Å². The number of Topliss-reactive ketones (excluding diaryl/α,β-unsaturated/α-hetero) is 1. The fourth-order valence-corrected chi connectivity index (χ4v) is 5.41. The molecule has 9 heteroatoms. The molecule has 2 saturated heterocycles. The second kappa shape index (κ2) is 9.97. The van der Waals surface area contributed by atoms with Gasteiger partial charge in [-0.15, -0.1) is 0 Å². The van der Waals surface area contributed by atoms with E-state index < -0.39 is 17.7 Å². The van der Waals surface area contributed by atoms with E-state index in [1.54, 1.807) is 24.3 Å². The Kier molecular flexibility index (Phi) is 6.72. The summed E-state index contributed by atoms with van der Waals surface area (Å²) in [7, 11) is 4.50. The molecule has 0 bridgehead atoms. The maximum atomic E-state index is 13.4. The molecule has 37 heavy (non-hydrogen) atoms. The highest BCUT2D eigenvalue weighted by molar-refractivity contribution is 6.46. The average Bonchev–Trinajstić information content (AvgIpc) is 3.61. The van der Waals surface area contributed by atoms with E-state index in [-0.39, 0.29) is 30.1 Å². The minimum Gasteiger partial charge on any atom is -0.507 e. The molecule has 9 nitrogen and oxygen atoms in total. The maximum Gasteiger partial charge on any atom is 0.295 e. The Bertz CT molecular complexity index is 1240. The first-order valence-corrected chi connectivity index (χ1v) is 12.4. The van der Waals surface area contributed by atoms with Gasteiger partial charge in [0.2, 0.25) is 5.75 Å². The Balaban J connectivity index is 1.66. The van der Waals surface area contributed by atoms with Gasteiger partial charge >= 0.3 is 0 Å². The molecule has 1 amide bonds. The molecule has 0 aromatic heterocycles. The Morgan fingerprint density at radius 3 is 2.43 bits per heavy atom. The highest BCUT2D eigenvalue weighted by Crippen LogP contribution is 2.46. The minimum atomic E-state index is -0.874. The number of rotatable bonds is 7. The van der Waals surface area contributed by atoms with Crippen molar-refractivity contribution in [2.75, 3.05) is 34.5 Å². The first kappa shape index (κ1) is 25.0. The number of hydrogen-bond donors (Lipinski definition) is 1. The fourth-order valence-electron chi connectivity index (χ4n) is 5.41. The van der Waals surface area contributed by atoms with Gasteiger partial charge in [0.05, 0.1) is 39.0 Å². The van der Waals surface area contributed by atoms with Gasteiger partial charge in [-0.2, -0.15) is 0 Å². The summed E-state index contributed by atoms with van der Waals surface area (Å²) in [6.45, 7) is 2.80. The number of carbonyl (C=O) groups is 2. The van der Waals surface area contributed by atoms with E-state index in [9.17, 15) is 14.7 Å². The van der Waals surface area contributed by atoms with Crippen LogP contribution in [0.25, 0.3) is 5.76 Å². The number of aliphatic hydroxyl groups is 1. The summed E-state index contributed by atoms with van der Waals surface area (Å²) >= 11 is 0. The summed E-state index contributed by atoms with van der Waals surface area (Å²) in [4.78, 5) is 28.3. The van der Waals surface area contributed by atoms with Crippen LogP contribution in [-0.4, -0.2) is 68.4 Å². The summed E-state index contributed by atoms with van der Waals surface area (Å²) < 4.78 is 28.1. The molecule has 2 aromatic carbocycles. The monoisotopic (exact) mass is 509 g/mol. The Hall–Kier alpha value is -3.72. The number of ether oxygens (including phenoxy) is 5. The standard InChI is InChI=1S/C28H31NO8/c1-15-10-17-11-16(7-8-20(17)37-15)25(30)23-24(18-12-21(33-2)27(35-4)22(13-18)34-3)29(28(32)26(23)31)14-19-6-5-9-36-19/h7-8,11-13,15,19,24,30H,5-6,9-10,14H2,1-4H3/t15-,19-,24+/m0/s1. The van der Waals surface area contributed by atoms with Crippen LogP contribution in [0.5, 0.6) is 23.0 Å². The molecule has 2 aromatic rings. The van der Waals surface area contributed by atoms with E-state index in [0.717, 1.165) is 24.2 Å². The van der Waals surface area contributed by atoms with Crippen LogP contribution in [0.1, 0.15) is 42.5 Å². The topological polar surface area (TPSA) is 104 Å². The summed E-state index contributed by atoms with van der Waals surface area (Å²) in [5, 5.41) is 11.5. The number of nitrogens with zero attached hydrogens (tertiary/aromatic N) is 1. The molecule has 0 aliphatic carbocycles. The molecular formula is C28H31NO8. The summed E-state index contributed by atoms with van der Waals surface area (Å²) in [5.41, 5.74) is 1.94. The first-order chi connectivity index (χ1) is 17.9. The lowest BCUT2D eigenvalue weighted by atomic mass is 9.93. The number of benzene rings is 2. The molecular weight excluding hydrogens is 478 g/mol. The van der Waals surface area contributed by atoms with Crippen LogP contribution in [0, 0.1) is 0 Å². The zero-order valence-electron chi connectivity index (χ0n) is 21.4. The molecule has 0 spiro atoms. The normalized spacial score (nSPS) is 24.2. The van der Waals surface area contributed by atoms with E-state index in [2.05, 4.69) is 0 Å². The van der Waals surface area contributed by atoms with E-state index in [4.69, 9.17) is 23.7 Å². The highest BCUT2D eigenvalue weighted by atomic mass is 16.5. The SMILES string of the molecule is COc1cc([C@@H]2C(=C(O)c3ccc4c(c3)C[C@H](C)O4)C(=O)C(=O)N2C[C@@H]2CCCO2)cc(OC)c1OC. The van der Waals surface area contributed by atoms with Crippen molar-refractivity contribution in [3.63, 3.8) is 0 Å². The van der Waals surface area contributed by atoms with E-state index in [1.807, 2.05) is 13.0 Å². The average molecular weight is 510 g/mol. The lowest BCUT2D eigenvalue weighted by Crippen LogP contribution is -2.36. The number of aliphatic hydroxyl groups excluding tert-OH is 1. The third-order valence-corrected chi connectivity index (χ3v) is 7.14. The van der Waals surface area contributed by atoms with Gasteiger partial charge in [-0.25, -0.2) is 0 Å². The van der Waals surface area contributed by atoms with Gasteiger partial charge in [0.15, 0.2) is 11.5 Å². The lowest BCUT2D eigenvalue weighted by Gasteiger charge is -2.28. The van der Waals surface area contributed by atoms with Gasteiger partial charge in [0.25, 0.3) is 11.7 Å². The van der Waals surface area contributed by atoms with Crippen LogP contribution < -0.4 is 18.9 Å². The van der Waals surface area contributed by atoms with Crippen LogP contribution in [-0.2, 0) is 20.7 Å². The number of hydrogen-bond acceptors (Lipinski definition) is 8. The number of methoxy groups -OCH3 is 3. The van der Waals surface area contributed by atoms with Crippen molar-refractivity contribution in [1.29, 1.82) is 0 Å². The molecule has 5 rings (SSSR count). The highest BCUT2D eigenvalue weighted by Gasteiger charge is 2.47. The number of ketones is 1. The molecule has 1 N–H and O–H groups in total. The van der Waals surface area contributed by atoms with Crippen LogP contribution in [0.4, 0.5) is 0 Å². The molecule has 3 heterocycles. The van der Waals surface area contributed by atoms with Gasteiger partial charge in [-0.1, -0.05) is 0 Å². The Morgan fingerprint density at radius 2 is 1.81 bits per heavy atom. The third kappa shape index (κ3) is 4.37. The van der Waals surface area contributed by atoms with Gasteiger partial charge < -0.3 is 33.7 Å². The van der Waals surface area contributed by atoms with Crippen molar-refractivity contribution in [3.05, 3.63) is 52.6 Å². The second-order valence-corrected chi connectivity index (χ2v) is 9.50. The number of likely N-dealkylation sites (tertiary alicyclic amines) is 1. The molecule has 0 unspecified atom stereocenters. The smallest absolute Gasteiger partial charge is 0.295 e. The fraction of sp³-hybridized carbons (Fsp3) is 0.429. The van der Waals surface area contributed by atoms with Crippen LogP contribution in [0.15, 0.2) is 35.9 Å². The Morgan fingerprint density at radius 1 is 1.08 bits per heavy atom. The molecule has 3 aliphatic rings. The van der Waals surface area contributed by atoms with Crippen LogP contribution in [0.3, 0.4) is 0 Å². The first-order valence-electron chi connectivity index (χ1n) is 12.4. The number of amides is 1. The minimum absolute atomic E-state index is 0.00387. The van der Waals surface area contributed by atoms with E-state index >= 15 is 0 Å². The maximum absolute atomic E-state index is 13.4. The van der Waals surface area contributed by atoms with E-state index in [0.29, 0.717) is 41.4 Å². The molecule has 196 valence electrons. The summed E-state index contributed by atoms with van der Waals surface area (Å²) in [5.74, 6) is 0.218. The Labute approximate surface area is 215 Å². The van der Waals surface area contributed by atoms with Crippen molar-refractivity contribution in [2.24, 2.45) is 0 Å². The molecule has 2 fully saturated rings. The van der Waals surface area contributed by atoms with Crippen LogP contribution >= 0.6 is 0 Å². The van der Waals surface area contributed by atoms with Crippen molar-refractivity contribution < 1.29 is 38.4 Å². The van der Waals surface area contributed by atoms with E-state index in [1.165, 1.54) is 26.2 Å². The number of carbonyl (C=O) groups excluding carboxylic acids is 2. The van der Waals surface area contributed by atoms with Crippen molar-refractivity contribution in [1.82, 2.24) is 4.90 Å². The van der Waals surface area contributed by atoms with Crippen molar-refractivity contribution >= 4 is 17.4 Å². The van der Waals surface area contributed by atoms with Gasteiger partial charge in [0, 0.05) is 25.1 Å². The summed E-state index contributed by atoms with van der Waals surface area (Å²) in [6, 6.07) is 7.82. The molecule has 3 atom stereocenters. The van der Waals surface area contributed by atoms with Crippen LogP contribution in [0.2, 0.25) is 0 Å². The predicted molar refractivity (Wildman–Crippen MR) is 134 cm³/mol. The molecule has 0 radical (unpaired) electrons. The number of fused-ring (bicyclic) bond motifs is 1. The zero-order valence-corrected chi connectivity index (χ0v) is 21.4. The molecule has 3 aliphatic heterocycles. The third-order valence-electron chi connectivity index (χ3n) is 7.14. The lowest BCUT2D eigenvalue weighted by molar-refractivity contribution is -0.140.